The maximum Gasteiger partial charge on any atom is 0.211 e. The number of anilines is 3. The molecule has 4 rings (SSSR count). The summed E-state index contributed by atoms with van der Waals surface area (Å²) in [7, 11) is -2.56. The minimum atomic E-state index is -4.08. The van der Waals surface area contributed by atoms with Gasteiger partial charge in [-0.2, -0.15) is 0 Å². The number of ketones is 1. The second kappa shape index (κ2) is 10.0. The lowest BCUT2D eigenvalue weighted by Gasteiger charge is -2.15. The third-order valence-corrected chi connectivity index (χ3v) is 9.39. The number of hydrogen-bond acceptors (Lipinski definition) is 7. The Hall–Kier alpha value is -3.62. The molecule has 3 aromatic carbocycles. The summed E-state index contributed by atoms with van der Waals surface area (Å²) < 4.78 is 33.0. The van der Waals surface area contributed by atoms with Crippen LogP contribution >= 0.6 is 11.3 Å². The number of nitrogens with one attached hydrogen (secondary N) is 1. The van der Waals surface area contributed by atoms with Crippen LogP contribution in [0.4, 0.5) is 16.4 Å². The van der Waals surface area contributed by atoms with Gasteiger partial charge in [-0.25, -0.2) is 8.42 Å². The number of nitrogens with two attached hydrogens (primary N) is 1. The van der Waals surface area contributed by atoms with Crippen molar-refractivity contribution in [3.63, 3.8) is 0 Å². The number of nitrogen functional groups attached to an aromatic ring is 1. The van der Waals surface area contributed by atoms with E-state index in [1.807, 2.05) is 58.9 Å². The summed E-state index contributed by atoms with van der Waals surface area (Å²) >= 11 is 1.06. The summed E-state index contributed by atoms with van der Waals surface area (Å²) in [5, 5.41) is 3.61. The molecular weight excluding hydrogens is 504 g/mol. The van der Waals surface area contributed by atoms with Crippen molar-refractivity contribution in [3.8, 4) is 5.75 Å². The van der Waals surface area contributed by atoms with Crippen LogP contribution in [-0.2, 0) is 9.84 Å². The first-order valence-electron chi connectivity index (χ1n) is 11.7. The van der Waals surface area contributed by atoms with Gasteiger partial charge in [0.2, 0.25) is 15.6 Å². The molecule has 0 bridgehead atoms. The molecule has 0 radical (unpaired) electrons. The Labute approximate surface area is 222 Å². The number of ether oxygens (including phenoxy) is 1. The first-order valence-corrected chi connectivity index (χ1v) is 14.0. The van der Waals surface area contributed by atoms with E-state index in [4.69, 9.17) is 10.5 Å². The smallest absolute Gasteiger partial charge is 0.211 e. The first-order chi connectivity index (χ1) is 17.4. The van der Waals surface area contributed by atoms with E-state index in [0.717, 1.165) is 44.8 Å². The zero-order valence-corrected chi connectivity index (χ0v) is 23.4. The number of rotatable bonds is 7. The zero-order valence-electron chi connectivity index (χ0n) is 21.7. The lowest BCUT2D eigenvalue weighted by Crippen LogP contribution is -2.09. The van der Waals surface area contributed by atoms with E-state index < -0.39 is 9.84 Å². The van der Waals surface area contributed by atoms with Crippen LogP contribution in [0.15, 0.2) is 64.4 Å². The third kappa shape index (κ3) is 4.99. The highest BCUT2D eigenvalue weighted by Gasteiger charge is 2.32. The van der Waals surface area contributed by atoms with Gasteiger partial charge in [-0.1, -0.05) is 41.5 Å². The van der Waals surface area contributed by atoms with E-state index in [9.17, 15) is 13.2 Å². The van der Waals surface area contributed by atoms with Crippen LogP contribution in [0, 0.1) is 34.6 Å². The van der Waals surface area contributed by atoms with Crippen molar-refractivity contribution in [2.24, 2.45) is 0 Å². The van der Waals surface area contributed by atoms with Crippen LogP contribution in [0.5, 0.6) is 5.75 Å². The molecule has 0 atom stereocenters. The fourth-order valence-electron chi connectivity index (χ4n) is 4.50. The van der Waals surface area contributed by atoms with Gasteiger partial charge in [-0.05, 0) is 75.6 Å². The lowest BCUT2D eigenvalue weighted by atomic mass is 10.0. The Bertz CT molecular complexity index is 1600. The number of carbonyl (C=O) groups is 1. The SMILES string of the molecule is COc1ccc(S(=O)(=O)c2c(Nc3c(C)cc(C)cc3C)sc(C(=O)c3ccc(C)cc3C)c2N)cc1. The topological polar surface area (TPSA) is 98.5 Å². The van der Waals surface area contributed by atoms with Gasteiger partial charge in [0.1, 0.15) is 20.5 Å². The molecule has 0 fully saturated rings. The Morgan fingerprint density at radius 2 is 1.46 bits per heavy atom. The average Bonchev–Trinajstić information content (AvgIpc) is 3.17. The van der Waals surface area contributed by atoms with Crippen molar-refractivity contribution in [3.05, 3.63) is 92.9 Å². The molecule has 0 aliphatic heterocycles. The summed E-state index contributed by atoms with van der Waals surface area (Å²) in [6.07, 6.45) is 0. The Kier molecular flexibility index (Phi) is 7.17. The van der Waals surface area contributed by atoms with Crippen LogP contribution in [-0.4, -0.2) is 21.3 Å². The van der Waals surface area contributed by atoms with E-state index in [0.29, 0.717) is 16.3 Å². The average molecular weight is 535 g/mol. The second-order valence-corrected chi connectivity index (χ2v) is 12.1. The molecule has 0 aliphatic rings. The summed E-state index contributed by atoms with van der Waals surface area (Å²) in [6.45, 7) is 9.73. The molecule has 0 amide bonds. The fourth-order valence-corrected chi connectivity index (χ4v) is 7.41. The molecule has 8 heteroatoms. The van der Waals surface area contributed by atoms with Crippen molar-refractivity contribution in [2.45, 2.75) is 44.4 Å². The minimum absolute atomic E-state index is 0.0590. The molecule has 6 nitrogen and oxygen atoms in total. The lowest BCUT2D eigenvalue weighted by molar-refractivity contribution is 0.104. The van der Waals surface area contributed by atoms with Gasteiger partial charge in [0.05, 0.1) is 17.7 Å². The summed E-state index contributed by atoms with van der Waals surface area (Å²) in [6, 6.07) is 15.7. The van der Waals surface area contributed by atoms with Crippen molar-refractivity contribution in [1.29, 1.82) is 0 Å². The number of methoxy groups -OCH3 is 1. The monoisotopic (exact) mass is 534 g/mol. The van der Waals surface area contributed by atoms with Crippen molar-refractivity contribution >= 4 is 43.3 Å². The molecule has 37 heavy (non-hydrogen) atoms. The third-order valence-electron chi connectivity index (χ3n) is 6.29. The molecule has 0 aliphatic carbocycles. The molecular formula is C29H30N2O4S2. The van der Waals surface area contributed by atoms with Crippen LogP contribution in [0.2, 0.25) is 0 Å². The summed E-state index contributed by atoms with van der Waals surface area (Å²) in [5.41, 5.74) is 12.6. The van der Waals surface area contributed by atoms with Crippen LogP contribution in [0.3, 0.4) is 0 Å². The predicted molar refractivity (Wildman–Crippen MR) is 150 cm³/mol. The van der Waals surface area contributed by atoms with Crippen LogP contribution in [0.1, 0.15) is 43.1 Å². The highest BCUT2D eigenvalue weighted by atomic mass is 32.2. The molecule has 0 spiro atoms. The standard InChI is InChI=1S/C29H30N2O4S2/c1-16-7-12-23(18(3)13-16)26(32)27-24(30)28(37(33,34)22-10-8-21(35-6)9-11-22)29(36-27)31-25-19(4)14-17(2)15-20(25)5/h7-15,31H,30H2,1-6H3. The quantitative estimate of drug-likeness (QED) is 0.256. The van der Waals surface area contributed by atoms with Crippen molar-refractivity contribution < 1.29 is 17.9 Å². The van der Waals surface area contributed by atoms with E-state index in [2.05, 4.69) is 5.32 Å². The van der Waals surface area contributed by atoms with Gasteiger partial charge < -0.3 is 15.8 Å². The van der Waals surface area contributed by atoms with Crippen molar-refractivity contribution in [1.82, 2.24) is 0 Å². The number of aryl methyl sites for hydroxylation is 5. The number of thiophene rings is 1. The highest BCUT2D eigenvalue weighted by molar-refractivity contribution is 7.92. The normalized spacial score (nSPS) is 11.4. The van der Waals surface area contributed by atoms with Gasteiger partial charge in [-0.3, -0.25) is 4.79 Å². The first kappa shape index (κ1) is 26.4. The maximum atomic E-state index is 13.9. The number of hydrogen-bond donors (Lipinski definition) is 2. The molecule has 4 aromatic rings. The Balaban J connectivity index is 1.93. The Morgan fingerprint density at radius 1 is 0.865 bits per heavy atom. The molecule has 192 valence electrons. The Morgan fingerprint density at radius 3 is 2.03 bits per heavy atom. The molecule has 0 unspecified atom stereocenters. The van der Waals surface area contributed by atoms with E-state index in [-0.39, 0.29) is 26.1 Å². The summed E-state index contributed by atoms with van der Waals surface area (Å²) in [5.74, 6) is 0.226. The summed E-state index contributed by atoms with van der Waals surface area (Å²) in [4.78, 5) is 13.8. The predicted octanol–water partition coefficient (Wildman–Crippen LogP) is 6.69. The number of benzene rings is 3. The van der Waals surface area contributed by atoms with Crippen LogP contribution in [0.25, 0.3) is 0 Å². The largest absolute Gasteiger partial charge is 0.497 e. The number of sulfone groups is 1. The number of carbonyl (C=O) groups excluding carboxylic acids is 1. The zero-order chi connectivity index (χ0) is 27.1. The fraction of sp³-hybridized carbons (Fsp3) is 0.207. The van der Waals surface area contributed by atoms with E-state index in [1.165, 1.54) is 19.2 Å². The minimum Gasteiger partial charge on any atom is -0.497 e. The van der Waals surface area contributed by atoms with Gasteiger partial charge in [0.15, 0.2) is 0 Å². The highest BCUT2D eigenvalue weighted by Crippen LogP contribution is 2.45. The molecule has 1 heterocycles. The van der Waals surface area contributed by atoms with Crippen LogP contribution < -0.4 is 15.8 Å². The molecule has 3 N–H and O–H groups in total. The second-order valence-electron chi connectivity index (χ2n) is 9.23. The van der Waals surface area contributed by atoms with Gasteiger partial charge in [0.25, 0.3) is 0 Å². The van der Waals surface area contributed by atoms with Gasteiger partial charge >= 0.3 is 0 Å². The van der Waals surface area contributed by atoms with E-state index in [1.54, 1.807) is 18.2 Å². The van der Waals surface area contributed by atoms with Gasteiger partial charge in [0, 0.05) is 11.3 Å². The maximum absolute atomic E-state index is 13.9. The molecule has 0 saturated heterocycles. The van der Waals surface area contributed by atoms with Crippen molar-refractivity contribution in [2.75, 3.05) is 18.2 Å². The molecule has 0 saturated carbocycles. The molecule has 1 aromatic heterocycles. The van der Waals surface area contributed by atoms with Gasteiger partial charge in [-0.15, -0.1) is 11.3 Å². The van der Waals surface area contributed by atoms with E-state index >= 15 is 0 Å².